The average molecular weight is 569 g/mol. The lowest BCUT2D eigenvalue weighted by Gasteiger charge is -2.23. The number of nitrogens with one attached hydrogen (secondary N) is 2. The first-order valence-corrected chi connectivity index (χ1v) is 14.2. The number of rotatable bonds is 13. The highest BCUT2D eigenvalue weighted by Crippen LogP contribution is 2.40. The predicted molar refractivity (Wildman–Crippen MR) is 158 cm³/mol. The van der Waals surface area contributed by atoms with Gasteiger partial charge in [-0.05, 0) is 68.0 Å². The van der Waals surface area contributed by atoms with Gasteiger partial charge in [0, 0.05) is 25.2 Å². The Bertz CT molecular complexity index is 1250. The summed E-state index contributed by atoms with van der Waals surface area (Å²) in [6.07, 6.45) is 2.47. The van der Waals surface area contributed by atoms with Crippen molar-refractivity contribution in [1.29, 1.82) is 0 Å². The lowest BCUT2D eigenvalue weighted by atomic mass is 10.0. The zero-order valence-electron chi connectivity index (χ0n) is 22.2. The number of esters is 1. The molecule has 1 fully saturated rings. The minimum absolute atomic E-state index is 0.00832. The molecule has 0 spiro atoms. The van der Waals surface area contributed by atoms with Crippen molar-refractivity contribution in [3.63, 3.8) is 0 Å². The van der Waals surface area contributed by atoms with E-state index in [1.165, 1.54) is 0 Å². The molecule has 39 heavy (non-hydrogen) atoms. The normalized spacial score (nSPS) is 16.1. The molecule has 0 aromatic heterocycles. The predicted octanol–water partition coefficient (Wildman–Crippen LogP) is 6.92. The van der Waals surface area contributed by atoms with E-state index in [0.717, 1.165) is 61.3 Å². The van der Waals surface area contributed by atoms with Crippen molar-refractivity contribution < 1.29 is 14.3 Å². The maximum Gasteiger partial charge on any atom is 0.319 e. The number of para-hydroxylation sites is 1. The van der Waals surface area contributed by atoms with E-state index < -0.39 is 0 Å². The first-order chi connectivity index (χ1) is 18.9. The number of anilines is 1. The number of halogens is 2. The van der Waals surface area contributed by atoms with Crippen LogP contribution < -0.4 is 10.6 Å². The molecular formula is C31H35Cl2N3O3. The van der Waals surface area contributed by atoms with Crippen molar-refractivity contribution in [2.24, 2.45) is 11.8 Å². The molecule has 0 heterocycles. The van der Waals surface area contributed by atoms with Crippen LogP contribution in [-0.2, 0) is 16.0 Å². The van der Waals surface area contributed by atoms with E-state index in [1.807, 2.05) is 79.7 Å². The number of carbonyl (C=O) groups is 2. The van der Waals surface area contributed by atoms with Crippen molar-refractivity contribution >= 4 is 40.9 Å². The van der Waals surface area contributed by atoms with Gasteiger partial charge in [-0.2, -0.15) is 0 Å². The van der Waals surface area contributed by atoms with Crippen LogP contribution >= 0.6 is 23.2 Å². The van der Waals surface area contributed by atoms with E-state index in [0.29, 0.717) is 29.1 Å². The van der Waals surface area contributed by atoms with Gasteiger partial charge in [0.2, 0.25) is 0 Å². The Hall–Kier alpha value is -3.06. The van der Waals surface area contributed by atoms with E-state index in [9.17, 15) is 9.59 Å². The third-order valence-corrected chi connectivity index (χ3v) is 7.64. The zero-order valence-corrected chi connectivity index (χ0v) is 23.7. The summed E-state index contributed by atoms with van der Waals surface area (Å²) in [6, 6.07) is 23.2. The number of benzene rings is 3. The summed E-state index contributed by atoms with van der Waals surface area (Å²) >= 11 is 12.3. The topological polar surface area (TPSA) is 70.7 Å². The molecule has 4 rings (SSSR count). The summed E-state index contributed by atoms with van der Waals surface area (Å²) in [5, 5.41) is 7.07. The number of ether oxygens (including phenoxy) is 1. The van der Waals surface area contributed by atoms with Gasteiger partial charge in [-0.15, -0.1) is 0 Å². The lowest BCUT2D eigenvalue weighted by Crippen LogP contribution is -2.34. The van der Waals surface area contributed by atoms with E-state index in [-0.39, 0.29) is 17.9 Å². The number of urea groups is 1. The molecule has 0 bridgehead atoms. The minimum atomic E-state index is -0.231. The van der Waals surface area contributed by atoms with E-state index >= 15 is 0 Å². The number of nitrogens with zero attached hydrogens (tertiary/aromatic N) is 1. The molecule has 6 nitrogen and oxygen atoms in total. The van der Waals surface area contributed by atoms with E-state index in [1.54, 1.807) is 0 Å². The molecule has 0 aliphatic heterocycles. The SMILES string of the molecule is CCOC(=O)C1CC1CN(CCCNC(=O)Nc1ccccc1-c1ccccc1)CCc1ccc(Cl)c(Cl)c1. The van der Waals surface area contributed by atoms with Crippen LogP contribution in [0.15, 0.2) is 72.8 Å². The first kappa shape index (κ1) is 28.9. The van der Waals surface area contributed by atoms with Crippen LogP contribution in [0.2, 0.25) is 10.0 Å². The molecule has 3 aromatic carbocycles. The molecule has 2 amide bonds. The summed E-state index contributed by atoms with van der Waals surface area (Å²) in [6.45, 7) is 5.22. The van der Waals surface area contributed by atoms with Crippen LogP contribution in [0.4, 0.5) is 10.5 Å². The van der Waals surface area contributed by atoms with Crippen LogP contribution in [-0.4, -0.2) is 49.7 Å². The van der Waals surface area contributed by atoms with Crippen molar-refractivity contribution in [3.8, 4) is 11.1 Å². The number of hydrogen-bond acceptors (Lipinski definition) is 4. The lowest BCUT2D eigenvalue weighted by molar-refractivity contribution is -0.145. The number of hydrogen-bond donors (Lipinski definition) is 2. The average Bonchev–Trinajstić information content (AvgIpc) is 3.71. The second kappa shape index (κ2) is 14.4. The largest absolute Gasteiger partial charge is 0.466 e. The number of carbonyl (C=O) groups excluding carboxylic acids is 2. The van der Waals surface area contributed by atoms with Crippen LogP contribution in [0, 0.1) is 11.8 Å². The standard InChI is InChI=1S/C31H35Cl2N3O3/c1-2-39-30(37)26-20-24(26)21-36(18-15-22-13-14-27(32)28(33)19-22)17-8-16-34-31(38)35-29-12-7-6-11-25(29)23-9-4-3-5-10-23/h3-7,9-14,19,24,26H,2,8,15-18,20-21H2,1H3,(H2,34,35,38). The molecule has 2 N–H and O–H groups in total. The van der Waals surface area contributed by atoms with Gasteiger partial charge < -0.3 is 20.3 Å². The van der Waals surface area contributed by atoms with Crippen molar-refractivity contribution in [3.05, 3.63) is 88.4 Å². The molecule has 2 atom stereocenters. The van der Waals surface area contributed by atoms with Gasteiger partial charge in [0.1, 0.15) is 0 Å². The molecule has 1 saturated carbocycles. The Morgan fingerprint density at radius 3 is 2.51 bits per heavy atom. The monoisotopic (exact) mass is 567 g/mol. The highest BCUT2D eigenvalue weighted by atomic mass is 35.5. The smallest absolute Gasteiger partial charge is 0.319 e. The second-order valence-corrected chi connectivity index (χ2v) is 10.6. The highest BCUT2D eigenvalue weighted by molar-refractivity contribution is 6.42. The maximum absolute atomic E-state index is 12.7. The molecule has 206 valence electrons. The Kier molecular flexibility index (Phi) is 10.7. The van der Waals surface area contributed by atoms with Crippen molar-refractivity contribution in [2.75, 3.05) is 38.1 Å². The van der Waals surface area contributed by atoms with Gasteiger partial charge in [0.05, 0.1) is 28.3 Å². The highest BCUT2D eigenvalue weighted by Gasteiger charge is 2.44. The molecule has 1 aliphatic rings. The Morgan fingerprint density at radius 1 is 0.974 bits per heavy atom. The van der Waals surface area contributed by atoms with Crippen LogP contribution in [0.25, 0.3) is 11.1 Å². The van der Waals surface area contributed by atoms with E-state index in [4.69, 9.17) is 27.9 Å². The van der Waals surface area contributed by atoms with Crippen molar-refractivity contribution in [2.45, 2.75) is 26.2 Å². The fourth-order valence-electron chi connectivity index (χ4n) is 4.73. The first-order valence-electron chi connectivity index (χ1n) is 13.5. The molecule has 2 unspecified atom stereocenters. The summed E-state index contributed by atoms with van der Waals surface area (Å²) in [4.78, 5) is 27.1. The van der Waals surface area contributed by atoms with Gasteiger partial charge in [-0.1, -0.05) is 77.8 Å². The van der Waals surface area contributed by atoms with Gasteiger partial charge >= 0.3 is 12.0 Å². The Balaban J connectivity index is 1.28. The zero-order chi connectivity index (χ0) is 27.6. The number of amides is 2. The fourth-order valence-corrected chi connectivity index (χ4v) is 5.05. The molecular weight excluding hydrogens is 533 g/mol. The fraction of sp³-hybridized carbons (Fsp3) is 0.355. The summed E-state index contributed by atoms with van der Waals surface area (Å²) in [5.41, 5.74) is 3.90. The van der Waals surface area contributed by atoms with Gasteiger partial charge in [-0.3, -0.25) is 4.79 Å². The molecule has 0 saturated heterocycles. The van der Waals surface area contributed by atoms with Crippen LogP contribution in [0.5, 0.6) is 0 Å². The Labute approximate surface area is 240 Å². The van der Waals surface area contributed by atoms with Gasteiger partial charge in [0.25, 0.3) is 0 Å². The minimum Gasteiger partial charge on any atom is -0.466 e. The summed E-state index contributed by atoms with van der Waals surface area (Å²) < 4.78 is 5.20. The van der Waals surface area contributed by atoms with Gasteiger partial charge in [0.15, 0.2) is 0 Å². The molecule has 8 heteroatoms. The molecule has 1 aliphatic carbocycles. The molecule has 3 aromatic rings. The Morgan fingerprint density at radius 2 is 1.74 bits per heavy atom. The third-order valence-electron chi connectivity index (χ3n) is 6.90. The quantitative estimate of drug-likeness (QED) is 0.174. The summed E-state index contributed by atoms with van der Waals surface area (Å²) in [5.74, 6) is 0.204. The summed E-state index contributed by atoms with van der Waals surface area (Å²) in [7, 11) is 0. The van der Waals surface area contributed by atoms with E-state index in [2.05, 4.69) is 15.5 Å². The van der Waals surface area contributed by atoms with Crippen LogP contribution in [0.3, 0.4) is 0 Å². The van der Waals surface area contributed by atoms with Crippen LogP contribution in [0.1, 0.15) is 25.3 Å². The maximum atomic E-state index is 12.7. The van der Waals surface area contributed by atoms with Gasteiger partial charge in [-0.25, -0.2) is 4.79 Å². The molecule has 0 radical (unpaired) electrons. The van der Waals surface area contributed by atoms with Crippen molar-refractivity contribution in [1.82, 2.24) is 10.2 Å². The second-order valence-electron chi connectivity index (χ2n) is 9.80. The third kappa shape index (κ3) is 8.72.